The van der Waals surface area contributed by atoms with Crippen molar-refractivity contribution in [3.63, 3.8) is 0 Å². The van der Waals surface area contributed by atoms with E-state index in [4.69, 9.17) is 9.52 Å². The fourth-order valence-electron chi connectivity index (χ4n) is 2.25. The van der Waals surface area contributed by atoms with E-state index in [1.165, 1.54) is 12.8 Å². The summed E-state index contributed by atoms with van der Waals surface area (Å²) in [7, 11) is 0. The van der Waals surface area contributed by atoms with Crippen LogP contribution in [0.1, 0.15) is 48.6 Å². The summed E-state index contributed by atoms with van der Waals surface area (Å²) in [5.41, 5.74) is 1.000. The first-order valence-corrected chi connectivity index (χ1v) is 6.54. The zero-order chi connectivity index (χ0) is 13.3. The lowest BCUT2D eigenvalue weighted by atomic mass is 10.1. The Hall–Kier alpha value is -1.29. The molecule has 0 bridgehead atoms. The maximum Gasteiger partial charge on any atom is 0.371 e. The van der Waals surface area contributed by atoms with Gasteiger partial charge in [0.05, 0.1) is 0 Å². The fraction of sp³-hybridized carbons (Fsp3) is 0.643. The molecule has 4 heteroatoms. The summed E-state index contributed by atoms with van der Waals surface area (Å²) in [5, 5.41) is 8.92. The minimum Gasteiger partial charge on any atom is -0.475 e. The number of aromatic carboxylic acids is 1. The normalized spacial score (nSPS) is 15.6. The van der Waals surface area contributed by atoms with Crippen LogP contribution in [-0.4, -0.2) is 28.6 Å². The molecule has 1 saturated carbocycles. The Labute approximate surface area is 108 Å². The number of aryl methyl sites for hydroxylation is 1. The van der Waals surface area contributed by atoms with Gasteiger partial charge in [0.2, 0.25) is 5.76 Å². The van der Waals surface area contributed by atoms with E-state index in [-0.39, 0.29) is 5.76 Å². The van der Waals surface area contributed by atoms with Gasteiger partial charge in [0, 0.05) is 24.7 Å². The van der Waals surface area contributed by atoms with Crippen LogP contribution in [0.4, 0.5) is 0 Å². The number of carboxylic acid groups (broad SMARTS) is 1. The van der Waals surface area contributed by atoms with Crippen LogP contribution in [0.3, 0.4) is 0 Å². The summed E-state index contributed by atoms with van der Waals surface area (Å²) in [6, 6.07) is 2.34. The van der Waals surface area contributed by atoms with Crippen molar-refractivity contribution < 1.29 is 14.3 Å². The second-order valence-electron chi connectivity index (χ2n) is 5.55. The van der Waals surface area contributed by atoms with Crippen molar-refractivity contribution in [2.75, 3.05) is 6.54 Å². The zero-order valence-corrected chi connectivity index (χ0v) is 11.3. The first kappa shape index (κ1) is 13.1. The number of hydrogen-bond donors (Lipinski definition) is 1. The van der Waals surface area contributed by atoms with E-state index < -0.39 is 5.97 Å². The summed E-state index contributed by atoms with van der Waals surface area (Å²) in [6.45, 7) is 8.10. The Morgan fingerprint density at radius 2 is 2.22 bits per heavy atom. The standard InChI is InChI=1S/C14H21NO3/c1-9(2)7-15(12-4-5-12)8-11-6-13(14(16)17)18-10(11)3/h6,9,12H,4-5,7-8H2,1-3H3,(H,16,17). The number of carboxylic acids is 1. The Morgan fingerprint density at radius 1 is 1.56 bits per heavy atom. The molecule has 0 atom stereocenters. The molecule has 1 aliphatic rings. The maximum absolute atomic E-state index is 10.9. The summed E-state index contributed by atoms with van der Waals surface area (Å²) in [6.07, 6.45) is 2.52. The molecular weight excluding hydrogens is 230 g/mol. The lowest BCUT2D eigenvalue weighted by molar-refractivity contribution is 0.0661. The monoisotopic (exact) mass is 251 g/mol. The molecule has 18 heavy (non-hydrogen) atoms. The summed E-state index contributed by atoms with van der Waals surface area (Å²) in [5.74, 6) is 0.396. The van der Waals surface area contributed by atoms with Gasteiger partial charge in [-0.2, -0.15) is 0 Å². The molecule has 1 heterocycles. The van der Waals surface area contributed by atoms with Crippen LogP contribution >= 0.6 is 0 Å². The van der Waals surface area contributed by atoms with Crippen LogP contribution < -0.4 is 0 Å². The van der Waals surface area contributed by atoms with E-state index in [9.17, 15) is 4.79 Å². The van der Waals surface area contributed by atoms with Crippen LogP contribution in [0.5, 0.6) is 0 Å². The maximum atomic E-state index is 10.9. The van der Waals surface area contributed by atoms with Gasteiger partial charge in [-0.3, -0.25) is 4.90 Å². The van der Waals surface area contributed by atoms with Crippen LogP contribution in [0, 0.1) is 12.8 Å². The average molecular weight is 251 g/mol. The Bertz CT molecular complexity index is 432. The highest BCUT2D eigenvalue weighted by molar-refractivity contribution is 5.84. The van der Waals surface area contributed by atoms with Crippen molar-refractivity contribution >= 4 is 5.97 Å². The van der Waals surface area contributed by atoms with Gasteiger partial charge >= 0.3 is 5.97 Å². The number of nitrogens with zero attached hydrogens (tertiary/aromatic N) is 1. The molecule has 0 aliphatic heterocycles. The molecule has 0 saturated heterocycles. The predicted molar refractivity (Wildman–Crippen MR) is 68.7 cm³/mol. The number of carbonyl (C=O) groups is 1. The highest BCUT2D eigenvalue weighted by Gasteiger charge is 2.30. The molecule has 1 aromatic rings. The first-order chi connectivity index (χ1) is 8.47. The smallest absolute Gasteiger partial charge is 0.371 e. The summed E-state index contributed by atoms with van der Waals surface area (Å²) < 4.78 is 5.26. The first-order valence-electron chi connectivity index (χ1n) is 6.54. The van der Waals surface area contributed by atoms with Crippen LogP contribution in [0.15, 0.2) is 10.5 Å². The van der Waals surface area contributed by atoms with Crippen molar-refractivity contribution in [2.45, 2.75) is 46.2 Å². The quantitative estimate of drug-likeness (QED) is 0.844. The van der Waals surface area contributed by atoms with Crippen LogP contribution in [0.25, 0.3) is 0 Å². The molecule has 1 fully saturated rings. The van der Waals surface area contributed by atoms with Gasteiger partial charge in [-0.1, -0.05) is 13.8 Å². The second kappa shape index (κ2) is 5.14. The SMILES string of the molecule is Cc1oc(C(=O)O)cc1CN(CC(C)C)C1CC1. The van der Waals surface area contributed by atoms with Crippen molar-refractivity contribution in [3.8, 4) is 0 Å². The van der Waals surface area contributed by atoms with E-state index >= 15 is 0 Å². The van der Waals surface area contributed by atoms with Gasteiger partial charge in [-0.25, -0.2) is 4.79 Å². The van der Waals surface area contributed by atoms with E-state index in [0.29, 0.717) is 12.0 Å². The predicted octanol–water partition coefficient (Wildman–Crippen LogP) is 2.91. The third-order valence-corrected chi connectivity index (χ3v) is 3.27. The minimum absolute atomic E-state index is 0.0443. The van der Waals surface area contributed by atoms with Gasteiger partial charge in [0.15, 0.2) is 0 Å². The molecule has 0 amide bonds. The molecule has 1 aliphatic carbocycles. The topological polar surface area (TPSA) is 53.7 Å². The van der Waals surface area contributed by atoms with Gasteiger partial charge in [-0.05, 0) is 31.7 Å². The van der Waals surface area contributed by atoms with Crippen molar-refractivity contribution in [1.82, 2.24) is 4.90 Å². The van der Waals surface area contributed by atoms with Gasteiger partial charge in [0.1, 0.15) is 5.76 Å². The van der Waals surface area contributed by atoms with Gasteiger partial charge < -0.3 is 9.52 Å². The average Bonchev–Trinajstić information content (AvgIpc) is 3.03. The molecule has 1 aromatic heterocycles. The van der Waals surface area contributed by atoms with E-state index in [2.05, 4.69) is 18.7 Å². The molecule has 100 valence electrons. The molecular formula is C14H21NO3. The minimum atomic E-state index is -0.994. The second-order valence-corrected chi connectivity index (χ2v) is 5.55. The highest BCUT2D eigenvalue weighted by Crippen LogP contribution is 2.30. The third-order valence-electron chi connectivity index (χ3n) is 3.27. The number of furan rings is 1. The molecule has 0 radical (unpaired) electrons. The zero-order valence-electron chi connectivity index (χ0n) is 11.3. The summed E-state index contributed by atoms with van der Waals surface area (Å²) in [4.78, 5) is 13.3. The molecule has 2 rings (SSSR count). The van der Waals surface area contributed by atoms with Crippen LogP contribution in [-0.2, 0) is 6.54 Å². The Balaban J connectivity index is 2.08. The van der Waals surface area contributed by atoms with Crippen molar-refractivity contribution in [3.05, 3.63) is 23.2 Å². The molecule has 1 N–H and O–H groups in total. The fourth-order valence-corrected chi connectivity index (χ4v) is 2.25. The lowest BCUT2D eigenvalue weighted by Crippen LogP contribution is -2.29. The highest BCUT2D eigenvalue weighted by atomic mass is 16.4. The van der Waals surface area contributed by atoms with Gasteiger partial charge in [-0.15, -0.1) is 0 Å². The number of hydrogen-bond acceptors (Lipinski definition) is 3. The van der Waals surface area contributed by atoms with Crippen LogP contribution in [0.2, 0.25) is 0 Å². The molecule has 0 unspecified atom stereocenters. The lowest BCUT2D eigenvalue weighted by Gasteiger charge is -2.23. The Morgan fingerprint density at radius 3 is 2.67 bits per heavy atom. The molecule has 0 aromatic carbocycles. The van der Waals surface area contributed by atoms with E-state index in [1.54, 1.807) is 6.07 Å². The Kier molecular flexibility index (Phi) is 3.76. The van der Waals surface area contributed by atoms with E-state index in [1.807, 2.05) is 6.92 Å². The number of rotatable bonds is 6. The largest absolute Gasteiger partial charge is 0.475 e. The van der Waals surface area contributed by atoms with Gasteiger partial charge in [0.25, 0.3) is 0 Å². The molecule has 4 nitrogen and oxygen atoms in total. The summed E-state index contributed by atoms with van der Waals surface area (Å²) >= 11 is 0. The van der Waals surface area contributed by atoms with E-state index in [0.717, 1.165) is 24.4 Å². The molecule has 0 spiro atoms. The van der Waals surface area contributed by atoms with Crippen molar-refractivity contribution in [1.29, 1.82) is 0 Å². The van der Waals surface area contributed by atoms with Crippen molar-refractivity contribution in [2.24, 2.45) is 5.92 Å². The third kappa shape index (κ3) is 3.13.